The molecule has 0 amide bonds. The van der Waals surface area contributed by atoms with Crippen LogP contribution in [0.1, 0.15) is 6.42 Å². The lowest BCUT2D eigenvalue weighted by atomic mass is 10.1. The first-order chi connectivity index (χ1) is 5.06. The Labute approximate surface area is 67.4 Å². The van der Waals surface area contributed by atoms with Crippen LogP contribution in [0.15, 0.2) is 0 Å². The van der Waals surface area contributed by atoms with Gasteiger partial charge in [0.25, 0.3) is 0 Å². The third-order valence-electron chi connectivity index (χ3n) is 1.91. The topological polar surface area (TPSA) is 37.4 Å². The summed E-state index contributed by atoms with van der Waals surface area (Å²) in [6.07, 6.45) is 5.92. The minimum atomic E-state index is -3.03. The Hall–Kier alpha value is -0.530. The van der Waals surface area contributed by atoms with Crippen LogP contribution in [0.3, 0.4) is 0 Å². The molecule has 0 spiro atoms. The molecule has 11 heavy (non-hydrogen) atoms. The van der Waals surface area contributed by atoms with Crippen molar-refractivity contribution in [3.05, 3.63) is 0 Å². The molecule has 0 aromatic rings. The normalized spacial score (nSPS) is 31.1. The van der Waals surface area contributed by atoms with Crippen molar-refractivity contribution in [2.24, 2.45) is 5.92 Å². The third-order valence-corrected chi connectivity index (χ3v) is 3.87. The minimum Gasteiger partial charge on any atom is -0.212 e. The molecule has 1 aliphatic heterocycles. The van der Waals surface area contributed by atoms with E-state index in [2.05, 4.69) is 5.92 Å². The predicted octanol–water partition coefficient (Wildman–Crippen LogP) is -0.0989. The average Bonchev–Trinajstić information content (AvgIpc) is 1.95. The van der Waals surface area contributed by atoms with Gasteiger partial charge in [-0.2, -0.15) is 0 Å². The van der Waals surface area contributed by atoms with Crippen molar-refractivity contribution in [3.63, 3.8) is 0 Å². The second kappa shape index (κ2) is 2.84. The molecule has 0 saturated carbocycles. The zero-order valence-electron chi connectivity index (χ0n) is 6.45. The van der Waals surface area contributed by atoms with E-state index < -0.39 is 10.0 Å². The van der Waals surface area contributed by atoms with Crippen LogP contribution in [0.4, 0.5) is 0 Å². The van der Waals surface area contributed by atoms with Gasteiger partial charge in [-0.3, -0.25) is 0 Å². The van der Waals surface area contributed by atoms with Crippen LogP contribution < -0.4 is 0 Å². The van der Waals surface area contributed by atoms with Gasteiger partial charge in [-0.15, -0.1) is 12.3 Å². The van der Waals surface area contributed by atoms with E-state index >= 15 is 0 Å². The molecule has 1 aliphatic rings. The van der Waals surface area contributed by atoms with Crippen molar-refractivity contribution < 1.29 is 8.42 Å². The summed E-state index contributed by atoms with van der Waals surface area (Å²) in [6.45, 7) is 0.553. The highest BCUT2D eigenvalue weighted by Crippen LogP contribution is 2.16. The maximum absolute atomic E-state index is 11.2. The van der Waals surface area contributed by atoms with Gasteiger partial charge in [0.15, 0.2) is 0 Å². The highest BCUT2D eigenvalue weighted by Gasteiger charge is 2.27. The number of terminal acetylenes is 1. The molecule has 1 heterocycles. The number of hydrogen-bond acceptors (Lipinski definition) is 2. The lowest BCUT2D eigenvalue weighted by Gasteiger charge is -2.25. The van der Waals surface area contributed by atoms with Crippen LogP contribution in [0.5, 0.6) is 0 Å². The van der Waals surface area contributed by atoms with Crippen LogP contribution in [0.25, 0.3) is 0 Å². The molecule has 1 saturated heterocycles. The van der Waals surface area contributed by atoms with Crippen LogP contribution >= 0.6 is 0 Å². The van der Waals surface area contributed by atoms with E-state index in [1.54, 1.807) is 7.05 Å². The first-order valence-electron chi connectivity index (χ1n) is 3.46. The maximum Gasteiger partial charge on any atom is 0.215 e. The predicted molar refractivity (Wildman–Crippen MR) is 43.4 cm³/mol. The fraction of sp³-hybridized carbons (Fsp3) is 0.714. The lowest BCUT2D eigenvalue weighted by molar-refractivity contribution is 0.410. The summed E-state index contributed by atoms with van der Waals surface area (Å²) >= 11 is 0. The van der Waals surface area contributed by atoms with Crippen molar-refractivity contribution in [2.45, 2.75) is 6.42 Å². The quantitative estimate of drug-likeness (QED) is 0.480. The van der Waals surface area contributed by atoms with Gasteiger partial charge < -0.3 is 0 Å². The second-order valence-electron chi connectivity index (χ2n) is 2.75. The largest absolute Gasteiger partial charge is 0.215 e. The van der Waals surface area contributed by atoms with E-state index in [0.717, 1.165) is 6.42 Å². The zero-order valence-corrected chi connectivity index (χ0v) is 7.26. The molecule has 0 radical (unpaired) electrons. The van der Waals surface area contributed by atoms with Crippen LogP contribution in [-0.2, 0) is 10.0 Å². The molecule has 0 bridgehead atoms. The summed E-state index contributed by atoms with van der Waals surface area (Å²) in [5.41, 5.74) is 0. The molecule has 1 fully saturated rings. The van der Waals surface area contributed by atoms with Gasteiger partial charge in [-0.05, 0) is 6.42 Å². The second-order valence-corrected chi connectivity index (χ2v) is 4.87. The van der Waals surface area contributed by atoms with Gasteiger partial charge >= 0.3 is 0 Å². The fourth-order valence-corrected chi connectivity index (χ4v) is 2.48. The molecule has 0 aromatic heterocycles. The summed E-state index contributed by atoms with van der Waals surface area (Å²) in [6, 6.07) is 0. The van der Waals surface area contributed by atoms with E-state index in [9.17, 15) is 8.42 Å². The Morgan fingerprint density at radius 2 is 2.27 bits per heavy atom. The highest BCUT2D eigenvalue weighted by atomic mass is 32.2. The van der Waals surface area contributed by atoms with Gasteiger partial charge in [0.2, 0.25) is 10.0 Å². The number of nitrogens with zero attached hydrogens (tertiary/aromatic N) is 1. The first-order valence-corrected chi connectivity index (χ1v) is 5.07. The van der Waals surface area contributed by atoms with Crippen molar-refractivity contribution in [3.8, 4) is 12.3 Å². The summed E-state index contributed by atoms with van der Waals surface area (Å²) in [4.78, 5) is 0. The Bertz CT molecular complexity index is 275. The Morgan fingerprint density at radius 1 is 1.64 bits per heavy atom. The molecule has 3 nitrogen and oxygen atoms in total. The van der Waals surface area contributed by atoms with Crippen molar-refractivity contribution >= 4 is 10.0 Å². The Morgan fingerprint density at radius 3 is 2.73 bits per heavy atom. The molecule has 0 aromatic carbocycles. The summed E-state index contributed by atoms with van der Waals surface area (Å²) in [5.74, 6) is 2.50. The van der Waals surface area contributed by atoms with Crippen molar-refractivity contribution in [1.29, 1.82) is 0 Å². The van der Waals surface area contributed by atoms with Gasteiger partial charge in [0.05, 0.1) is 5.75 Å². The van der Waals surface area contributed by atoms with Gasteiger partial charge in [-0.25, -0.2) is 12.7 Å². The van der Waals surface area contributed by atoms with E-state index in [0.29, 0.717) is 6.54 Å². The molecular weight excluding hydrogens is 162 g/mol. The minimum absolute atomic E-state index is 0.0869. The molecule has 1 rings (SSSR count). The van der Waals surface area contributed by atoms with E-state index in [-0.39, 0.29) is 11.7 Å². The van der Waals surface area contributed by atoms with Gasteiger partial charge in [0, 0.05) is 19.5 Å². The molecule has 62 valence electrons. The Balaban J connectivity index is 2.77. The van der Waals surface area contributed by atoms with E-state index in [1.807, 2.05) is 0 Å². The zero-order chi connectivity index (χ0) is 8.48. The van der Waals surface area contributed by atoms with E-state index in [1.165, 1.54) is 4.31 Å². The molecule has 0 aliphatic carbocycles. The van der Waals surface area contributed by atoms with Crippen LogP contribution in [0.2, 0.25) is 0 Å². The van der Waals surface area contributed by atoms with Crippen molar-refractivity contribution in [2.75, 3.05) is 19.3 Å². The standard InChI is InChI=1S/C7H11NO2S/c1-3-7-4-5-8(2)11(9,10)6-7/h1,7H,4-6H2,2H3. The maximum atomic E-state index is 11.2. The number of rotatable bonds is 0. The Kier molecular flexibility index (Phi) is 2.21. The smallest absolute Gasteiger partial charge is 0.212 e. The fourth-order valence-electron chi connectivity index (χ4n) is 1.07. The third kappa shape index (κ3) is 1.73. The van der Waals surface area contributed by atoms with Crippen LogP contribution in [-0.4, -0.2) is 32.1 Å². The number of sulfonamides is 1. The first kappa shape index (κ1) is 8.57. The number of hydrogen-bond donors (Lipinski definition) is 0. The summed E-state index contributed by atoms with van der Waals surface area (Å²) in [7, 11) is -1.45. The summed E-state index contributed by atoms with van der Waals surface area (Å²) < 4.78 is 23.7. The van der Waals surface area contributed by atoms with Gasteiger partial charge in [0.1, 0.15) is 0 Å². The van der Waals surface area contributed by atoms with E-state index in [4.69, 9.17) is 6.42 Å². The van der Waals surface area contributed by atoms with Gasteiger partial charge in [-0.1, -0.05) is 0 Å². The van der Waals surface area contributed by atoms with Crippen molar-refractivity contribution in [1.82, 2.24) is 4.31 Å². The molecule has 1 unspecified atom stereocenters. The monoisotopic (exact) mass is 173 g/mol. The molecular formula is C7H11NO2S. The molecule has 0 N–H and O–H groups in total. The lowest BCUT2D eigenvalue weighted by Crippen LogP contribution is -2.38. The van der Waals surface area contributed by atoms with Crippen LogP contribution in [0, 0.1) is 18.3 Å². The molecule has 1 atom stereocenters. The highest BCUT2D eigenvalue weighted by molar-refractivity contribution is 7.89. The summed E-state index contributed by atoms with van der Waals surface area (Å²) in [5, 5.41) is 0. The average molecular weight is 173 g/mol. The molecule has 4 heteroatoms. The SMILES string of the molecule is C#CC1CCN(C)S(=O)(=O)C1.